The Kier molecular flexibility index (Phi) is 3.75. The number of imidazole rings is 1. The summed E-state index contributed by atoms with van der Waals surface area (Å²) in [4.78, 5) is 9.74. The zero-order valence-corrected chi connectivity index (χ0v) is 9.37. The van der Waals surface area contributed by atoms with E-state index in [1.54, 1.807) is 6.20 Å². The van der Waals surface area contributed by atoms with Crippen molar-refractivity contribution in [2.75, 3.05) is 20.1 Å². The molecule has 1 aromatic rings. The second-order valence-electron chi connectivity index (χ2n) is 4.30. The summed E-state index contributed by atoms with van der Waals surface area (Å²) in [7, 11) is 2.22. The van der Waals surface area contributed by atoms with Crippen LogP contribution in [0.25, 0.3) is 0 Å². The Morgan fingerprint density at radius 1 is 1.60 bits per heavy atom. The monoisotopic (exact) mass is 208 g/mol. The number of nitrogens with zero attached hydrogens (tertiary/aromatic N) is 2. The predicted octanol–water partition coefficient (Wildman–Crippen LogP) is 0.984. The van der Waals surface area contributed by atoms with Crippen LogP contribution in [-0.4, -0.2) is 41.0 Å². The molecule has 2 N–H and O–H groups in total. The molecular weight excluding hydrogens is 188 g/mol. The van der Waals surface area contributed by atoms with Crippen molar-refractivity contribution in [3.63, 3.8) is 0 Å². The number of likely N-dealkylation sites (N-methyl/N-ethyl adjacent to an activating group) is 1. The largest absolute Gasteiger partial charge is 0.348 e. The van der Waals surface area contributed by atoms with Crippen LogP contribution >= 0.6 is 0 Å². The average molecular weight is 208 g/mol. The van der Waals surface area contributed by atoms with Crippen LogP contribution in [0.5, 0.6) is 0 Å². The molecule has 0 bridgehead atoms. The maximum Gasteiger partial charge on any atom is 0.120 e. The zero-order valence-electron chi connectivity index (χ0n) is 9.37. The van der Waals surface area contributed by atoms with Gasteiger partial charge in [0.2, 0.25) is 0 Å². The van der Waals surface area contributed by atoms with Gasteiger partial charge in [0, 0.05) is 25.0 Å². The molecule has 0 aromatic carbocycles. The van der Waals surface area contributed by atoms with E-state index in [0.29, 0.717) is 6.04 Å². The quantitative estimate of drug-likeness (QED) is 0.775. The molecule has 4 heteroatoms. The topological polar surface area (TPSA) is 44.0 Å². The first-order chi connectivity index (χ1) is 7.36. The van der Waals surface area contributed by atoms with Gasteiger partial charge in [0.15, 0.2) is 0 Å². The third-order valence-corrected chi connectivity index (χ3v) is 3.15. The molecule has 15 heavy (non-hydrogen) atoms. The molecule has 1 fully saturated rings. The van der Waals surface area contributed by atoms with Crippen molar-refractivity contribution in [2.24, 2.45) is 0 Å². The van der Waals surface area contributed by atoms with Crippen molar-refractivity contribution in [1.29, 1.82) is 0 Å². The standard InChI is InChI=1S/C11H20N4/c1-15-7-3-2-4-10(15)8-12-9-11-13-5-6-14-11/h5-6,10,12H,2-4,7-9H2,1H3,(H,13,14). The van der Waals surface area contributed by atoms with Crippen LogP contribution in [0.1, 0.15) is 25.1 Å². The summed E-state index contributed by atoms with van der Waals surface area (Å²) in [5, 5.41) is 3.45. The Labute approximate surface area is 91.1 Å². The van der Waals surface area contributed by atoms with E-state index >= 15 is 0 Å². The van der Waals surface area contributed by atoms with Gasteiger partial charge in [0.05, 0.1) is 6.54 Å². The second-order valence-corrected chi connectivity index (χ2v) is 4.30. The normalized spacial score (nSPS) is 23.1. The number of aromatic nitrogens is 2. The predicted molar refractivity (Wildman–Crippen MR) is 60.6 cm³/mol. The van der Waals surface area contributed by atoms with E-state index in [9.17, 15) is 0 Å². The van der Waals surface area contributed by atoms with Gasteiger partial charge in [0.1, 0.15) is 5.82 Å². The molecule has 1 saturated heterocycles. The number of likely N-dealkylation sites (tertiary alicyclic amines) is 1. The van der Waals surface area contributed by atoms with Gasteiger partial charge in [-0.25, -0.2) is 4.98 Å². The van der Waals surface area contributed by atoms with Crippen molar-refractivity contribution in [1.82, 2.24) is 20.2 Å². The first kappa shape index (κ1) is 10.6. The Bertz CT molecular complexity index is 270. The lowest BCUT2D eigenvalue weighted by Gasteiger charge is -2.32. The molecule has 2 heterocycles. The average Bonchev–Trinajstić information content (AvgIpc) is 2.74. The van der Waals surface area contributed by atoms with Gasteiger partial charge in [-0.05, 0) is 26.4 Å². The first-order valence-electron chi connectivity index (χ1n) is 5.75. The highest BCUT2D eigenvalue weighted by atomic mass is 15.2. The summed E-state index contributed by atoms with van der Waals surface area (Å²) in [6.45, 7) is 3.15. The highest BCUT2D eigenvalue weighted by Gasteiger charge is 2.17. The minimum Gasteiger partial charge on any atom is -0.348 e. The fourth-order valence-electron chi connectivity index (χ4n) is 2.15. The number of aromatic amines is 1. The van der Waals surface area contributed by atoms with Crippen LogP contribution in [0.3, 0.4) is 0 Å². The molecule has 4 nitrogen and oxygen atoms in total. The van der Waals surface area contributed by atoms with Crippen LogP contribution < -0.4 is 5.32 Å². The zero-order chi connectivity index (χ0) is 10.5. The van der Waals surface area contributed by atoms with E-state index in [2.05, 4.69) is 27.2 Å². The Hall–Kier alpha value is -0.870. The number of H-pyrrole nitrogens is 1. The molecule has 1 aromatic heterocycles. The van der Waals surface area contributed by atoms with E-state index < -0.39 is 0 Å². The molecule has 1 unspecified atom stereocenters. The third-order valence-electron chi connectivity index (χ3n) is 3.15. The van der Waals surface area contributed by atoms with E-state index in [-0.39, 0.29) is 0 Å². The summed E-state index contributed by atoms with van der Waals surface area (Å²) in [6.07, 6.45) is 7.71. The van der Waals surface area contributed by atoms with Crippen LogP contribution in [0, 0.1) is 0 Å². The van der Waals surface area contributed by atoms with E-state index in [0.717, 1.165) is 18.9 Å². The Morgan fingerprint density at radius 3 is 3.27 bits per heavy atom. The number of hydrogen-bond donors (Lipinski definition) is 2. The molecule has 0 saturated carbocycles. The molecule has 2 rings (SSSR count). The summed E-state index contributed by atoms with van der Waals surface area (Å²) in [6, 6.07) is 0.703. The van der Waals surface area contributed by atoms with Gasteiger partial charge in [-0.1, -0.05) is 6.42 Å². The fraction of sp³-hybridized carbons (Fsp3) is 0.727. The van der Waals surface area contributed by atoms with Crippen molar-refractivity contribution in [2.45, 2.75) is 31.8 Å². The molecule has 0 aliphatic carbocycles. The Morgan fingerprint density at radius 2 is 2.53 bits per heavy atom. The fourth-order valence-corrected chi connectivity index (χ4v) is 2.15. The van der Waals surface area contributed by atoms with Crippen LogP contribution in [0.4, 0.5) is 0 Å². The van der Waals surface area contributed by atoms with Gasteiger partial charge in [-0.2, -0.15) is 0 Å². The van der Waals surface area contributed by atoms with Gasteiger partial charge in [-0.3, -0.25) is 0 Å². The van der Waals surface area contributed by atoms with Crippen molar-refractivity contribution in [3.8, 4) is 0 Å². The van der Waals surface area contributed by atoms with Gasteiger partial charge in [0.25, 0.3) is 0 Å². The van der Waals surface area contributed by atoms with Gasteiger partial charge < -0.3 is 15.2 Å². The smallest absolute Gasteiger partial charge is 0.120 e. The van der Waals surface area contributed by atoms with Crippen molar-refractivity contribution < 1.29 is 0 Å². The van der Waals surface area contributed by atoms with Crippen LogP contribution in [-0.2, 0) is 6.54 Å². The molecule has 1 aliphatic rings. The molecule has 0 radical (unpaired) electrons. The van der Waals surface area contributed by atoms with E-state index in [1.807, 2.05) is 6.20 Å². The SMILES string of the molecule is CN1CCCCC1CNCc1ncc[nH]1. The summed E-state index contributed by atoms with van der Waals surface area (Å²) in [5.74, 6) is 1.02. The lowest BCUT2D eigenvalue weighted by atomic mass is 10.0. The number of piperidine rings is 1. The summed E-state index contributed by atoms with van der Waals surface area (Å²) in [5.41, 5.74) is 0. The molecule has 1 atom stereocenters. The number of hydrogen-bond acceptors (Lipinski definition) is 3. The minimum absolute atomic E-state index is 0.703. The first-order valence-corrected chi connectivity index (χ1v) is 5.75. The molecular formula is C11H20N4. The van der Waals surface area contributed by atoms with E-state index in [4.69, 9.17) is 0 Å². The maximum absolute atomic E-state index is 4.19. The number of nitrogens with one attached hydrogen (secondary N) is 2. The van der Waals surface area contributed by atoms with E-state index in [1.165, 1.54) is 25.8 Å². The Balaban J connectivity index is 1.68. The van der Waals surface area contributed by atoms with Gasteiger partial charge in [-0.15, -0.1) is 0 Å². The summed E-state index contributed by atoms with van der Waals surface area (Å²) >= 11 is 0. The number of rotatable bonds is 4. The van der Waals surface area contributed by atoms with Crippen LogP contribution in [0.2, 0.25) is 0 Å². The summed E-state index contributed by atoms with van der Waals surface area (Å²) < 4.78 is 0. The highest BCUT2D eigenvalue weighted by Crippen LogP contribution is 2.13. The second kappa shape index (κ2) is 5.28. The molecule has 0 amide bonds. The lowest BCUT2D eigenvalue weighted by molar-refractivity contribution is 0.181. The van der Waals surface area contributed by atoms with Crippen LogP contribution in [0.15, 0.2) is 12.4 Å². The van der Waals surface area contributed by atoms with Gasteiger partial charge >= 0.3 is 0 Å². The third kappa shape index (κ3) is 3.04. The van der Waals surface area contributed by atoms with Crippen molar-refractivity contribution in [3.05, 3.63) is 18.2 Å². The molecule has 84 valence electrons. The molecule has 1 aliphatic heterocycles. The maximum atomic E-state index is 4.19. The molecule has 0 spiro atoms. The van der Waals surface area contributed by atoms with Crippen molar-refractivity contribution >= 4 is 0 Å². The highest BCUT2D eigenvalue weighted by molar-refractivity contribution is 4.86. The minimum atomic E-state index is 0.703. The lowest BCUT2D eigenvalue weighted by Crippen LogP contribution is -2.42.